The number of rotatable bonds is 86. The molecule has 0 aliphatic carbocycles. The number of hydrogen-bond acceptors (Lipinski definition) is 28. The first kappa shape index (κ1) is 132. The number of carbonyl (C=O) groups is 5. The first-order chi connectivity index (χ1) is 72.2. The van der Waals surface area contributed by atoms with E-state index in [0.717, 1.165) is 193 Å². The van der Waals surface area contributed by atoms with Crippen molar-refractivity contribution in [2.75, 3.05) is 252 Å². The zero-order valence-corrected chi connectivity index (χ0v) is 91.6. The summed E-state index contributed by atoms with van der Waals surface area (Å²) < 4.78 is 54.3. The lowest BCUT2D eigenvalue weighted by Crippen LogP contribution is -2.52. The Morgan fingerprint density at radius 1 is 0.347 bits per heavy atom. The van der Waals surface area contributed by atoms with Gasteiger partial charge in [0.05, 0.1) is 45.1 Å². The van der Waals surface area contributed by atoms with E-state index in [-0.39, 0.29) is 163 Å². The highest BCUT2D eigenvalue weighted by Gasteiger charge is 2.42. The number of hydrogen-bond donors (Lipinski definition) is 17. The Labute approximate surface area is 894 Å². The van der Waals surface area contributed by atoms with Gasteiger partial charge in [-0.3, -0.25) is 54.1 Å². The minimum atomic E-state index is -3.67. The van der Waals surface area contributed by atoms with Gasteiger partial charge in [0.2, 0.25) is 29.7 Å². The maximum absolute atomic E-state index is 14.8. The first-order valence-corrected chi connectivity index (χ1v) is 56.3. The second kappa shape index (κ2) is 81.2. The predicted octanol–water partition coefficient (Wildman–Crippen LogP) is 2.14. The summed E-state index contributed by atoms with van der Waals surface area (Å²) in [6.45, 7) is 10.8. The molecule has 3 unspecified atom stereocenters. The first-order valence-electron chi connectivity index (χ1n) is 54.7. The van der Waals surface area contributed by atoms with Crippen molar-refractivity contribution < 1.29 is 61.9 Å². The molecule has 854 valence electrons. The average Bonchev–Trinajstić information content (AvgIpc) is 0.795. The second-order valence-electron chi connectivity index (χ2n) is 38.7. The number of unbranched alkanes of at least 4 members (excludes halogenated alkanes) is 28. The van der Waals surface area contributed by atoms with Crippen LogP contribution in [0.3, 0.4) is 0 Å². The van der Waals surface area contributed by atoms with Crippen LogP contribution in [0.2, 0.25) is 0 Å². The topological polar surface area (TPSA) is 768 Å². The molecule has 4 radical (unpaired) electrons. The fraction of sp³-hybridized carbons (Fsp3) is 0.833. The van der Waals surface area contributed by atoms with Crippen molar-refractivity contribution in [1.82, 2.24) is 53.7 Å². The summed E-state index contributed by atoms with van der Waals surface area (Å²) in [5.41, 5.74) is 90.4. The Balaban J connectivity index is 1.85. The van der Waals surface area contributed by atoms with E-state index in [0.29, 0.717) is 201 Å². The summed E-state index contributed by atoms with van der Waals surface area (Å²) in [5, 5.41) is 9.87. The lowest BCUT2D eigenvalue weighted by molar-refractivity contribution is -0.142. The van der Waals surface area contributed by atoms with Gasteiger partial charge in [0.1, 0.15) is 35.5 Å². The van der Waals surface area contributed by atoms with Crippen LogP contribution in [0.25, 0.3) is 0 Å². The lowest BCUT2D eigenvalue weighted by atomic mass is 9.97. The van der Waals surface area contributed by atoms with E-state index in [4.69, 9.17) is 151 Å². The molecule has 0 aromatic carbocycles. The van der Waals surface area contributed by atoms with E-state index in [9.17, 15) is 33.6 Å². The number of morpholine rings is 2. The fourth-order valence-corrected chi connectivity index (χ4v) is 19.5. The molecule has 5 atom stereocenters. The van der Waals surface area contributed by atoms with Crippen LogP contribution in [-0.4, -0.2) is 413 Å². The quantitative estimate of drug-likeness (QED) is 0.0111. The van der Waals surface area contributed by atoms with E-state index in [1.54, 1.807) is 38.4 Å². The number of amides is 5. The third-order valence-electron chi connectivity index (χ3n) is 25.6. The van der Waals surface area contributed by atoms with Crippen LogP contribution in [0, 0.1) is 0 Å². The molecule has 33 N–H and O–H groups in total. The molecule has 5 amide bonds. The van der Waals surface area contributed by atoms with Crippen LogP contribution in [0.15, 0.2) is 39.9 Å². The maximum atomic E-state index is 14.8. The van der Waals surface area contributed by atoms with Gasteiger partial charge in [-0.2, -0.15) is 15.0 Å². The Morgan fingerprint density at radius 3 is 0.947 bits per heavy atom. The van der Waals surface area contributed by atoms with Gasteiger partial charge in [0.25, 0.3) is 0 Å². The highest BCUT2D eigenvalue weighted by molar-refractivity contribution is 7.53. The number of nitrogens with zero attached hydrogens (tertiary/aromatic N) is 22. The number of anilines is 3. The van der Waals surface area contributed by atoms with Gasteiger partial charge in [-0.05, 0) is 162 Å². The Morgan fingerprint density at radius 2 is 0.627 bits per heavy atom. The summed E-state index contributed by atoms with van der Waals surface area (Å²) in [7, 11) is 12.1. The van der Waals surface area contributed by atoms with E-state index < -0.39 is 50.2 Å². The molecule has 54 heteroatoms. The number of aliphatic imine (C=N–C) groups is 8. The smallest absolute Gasteiger partial charge is 0.409 e. The molecule has 150 heavy (non-hydrogen) atoms. The molecule has 1 aromatic rings. The molecule has 51 nitrogen and oxygen atoms in total. The third kappa shape index (κ3) is 63.0. The summed E-state index contributed by atoms with van der Waals surface area (Å²) in [6.07, 6.45) is 27.9. The van der Waals surface area contributed by atoms with Crippen molar-refractivity contribution in [1.29, 1.82) is 0 Å². The molecule has 0 spiro atoms. The average molecular weight is 2140 g/mol. The standard InChI is InChI=1S/C96H191B2N38O13P/c1-126(2)150(143,136-72-77(75-137)148-80(98)74-136)147-76-78-71-135(73-79(97)149-78)82(139)42-22-4-3-21-41-81(138)128-61-63-130(64-62-128)92-123-91(129(54-40-39-53-127(51-31-13-5-23-43-115-83(99)100)52-32-14-6-24-44-116-84(101)102)65-68-144-94(140)132(55-33-15-7-25-45-117-85(103)104)56-34-16-8-26-46-118-86(105)106)124-93(125-92)131(66-69-145-95(141)133(57-35-17-9-27-47-119-87(107)108)58-36-18-10-28-48-120-88(109)110)67-70-146-96(142)134(59-37-19-11-29-49-121-89(111)112)60-38-20-12-30-50-122-90(113)114/h77-80,137H,3-76H2,1-2H3,(H4,99,100,115)(H4,101,102,116)(H4,103,104,117)(H4,105,106,118)(H4,107,108,119)(H4,109,110,120)(H4,111,112,121)(H4,113,114,122)/t77?,78?,79-,80-,150?/m1/s1. The number of nitrogens with two attached hydrogens (primary N) is 16. The number of piperazine rings is 1. The molecule has 3 aliphatic rings. The summed E-state index contributed by atoms with van der Waals surface area (Å²) in [5.74, 6) is 0.938. The Bertz CT molecular complexity index is 3920. The zero-order valence-electron chi connectivity index (χ0n) is 90.7. The number of aromatic nitrogens is 3. The summed E-state index contributed by atoms with van der Waals surface area (Å²) in [6, 6.07) is -1.60. The maximum Gasteiger partial charge on any atom is 0.409 e. The van der Waals surface area contributed by atoms with E-state index in [1.165, 1.54) is 4.67 Å². The van der Waals surface area contributed by atoms with Crippen LogP contribution in [0.1, 0.15) is 257 Å². The van der Waals surface area contributed by atoms with Crippen LogP contribution in [0.4, 0.5) is 32.2 Å². The number of aliphatic hydroxyl groups is 1. The monoisotopic (exact) mass is 2140 g/mol. The van der Waals surface area contributed by atoms with E-state index >= 15 is 0 Å². The zero-order chi connectivity index (χ0) is 110. The molecule has 1 aromatic heterocycles. The summed E-state index contributed by atoms with van der Waals surface area (Å²) >= 11 is 0. The van der Waals surface area contributed by atoms with Gasteiger partial charge in [-0.25, -0.2) is 23.7 Å². The molecular weight excluding hydrogens is 1950 g/mol. The molecule has 4 heterocycles. The second-order valence-corrected chi connectivity index (χ2v) is 41.3. The minimum Gasteiger partial charge on any atom is -0.448 e. The van der Waals surface area contributed by atoms with Gasteiger partial charge in [0, 0.05) is 175 Å². The fourth-order valence-electron chi connectivity index (χ4n) is 17.5. The van der Waals surface area contributed by atoms with Crippen LogP contribution >= 0.6 is 7.67 Å². The Hall–Kier alpha value is -10.6. The van der Waals surface area contributed by atoms with Gasteiger partial charge in [-0.1, -0.05) is 116 Å². The minimum absolute atomic E-state index is 0.0175. The van der Waals surface area contributed by atoms with Crippen molar-refractivity contribution in [2.45, 2.75) is 281 Å². The van der Waals surface area contributed by atoms with E-state index in [1.807, 2.05) is 19.6 Å². The molecule has 3 fully saturated rings. The van der Waals surface area contributed by atoms with Gasteiger partial charge >= 0.3 is 25.9 Å². The normalized spacial score (nSPS) is 15.6. The lowest BCUT2D eigenvalue weighted by Gasteiger charge is -2.43. The van der Waals surface area contributed by atoms with Crippen LogP contribution < -0.4 is 106 Å². The predicted molar refractivity (Wildman–Crippen MR) is 600 cm³/mol. The third-order valence-corrected chi connectivity index (χ3v) is 28.2. The van der Waals surface area contributed by atoms with Crippen molar-refractivity contribution >= 4 is 119 Å². The van der Waals surface area contributed by atoms with Crippen molar-refractivity contribution in [2.24, 2.45) is 132 Å². The van der Waals surface area contributed by atoms with Gasteiger partial charge in [-0.15, -0.1) is 0 Å². The van der Waals surface area contributed by atoms with Gasteiger partial charge < -0.3 is 169 Å². The summed E-state index contributed by atoms with van der Waals surface area (Å²) in [4.78, 5) is 139. The van der Waals surface area contributed by atoms with Crippen molar-refractivity contribution in [3.05, 3.63) is 0 Å². The van der Waals surface area contributed by atoms with Gasteiger partial charge in [0.15, 0.2) is 47.7 Å². The molecule has 3 saturated heterocycles. The van der Waals surface area contributed by atoms with Crippen LogP contribution in [-0.2, 0) is 42.4 Å². The molecule has 0 bridgehead atoms. The largest absolute Gasteiger partial charge is 0.448 e. The van der Waals surface area contributed by atoms with Crippen molar-refractivity contribution in [3.8, 4) is 0 Å². The van der Waals surface area contributed by atoms with Crippen molar-refractivity contribution in [3.63, 3.8) is 0 Å². The highest BCUT2D eigenvalue weighted by Crippen LogP contribution is 2.54. The van der Waals surface area contributed by atoms with E-state index in [2.05, 4.69) is 44.8 Å². The number of carbonyl (C=O) groups excluding carboxylic acids is 5. The molecular formula is C96H191B2N38O13P. The number of ether oxygens (including phenoxy) is 5. The Kier molecular flexibility index (Phi) is 71.3. The SMILES string of the molecule is [B][C@H]1CN(C(=O)CCCCCCC(=O)N2CCN(c3nc(N(CCCCN(CCCCCCN=C(N)N)CCCCCCN=C(N)N)CCOC(=O)N(CCCCCCN=C(N)N)CCCCCCN=C(N)N)nc(N(CCOC(=O)N(CCCCCCN=C(N)N)CCCCCCN=C(N)N)CCOC(=O)N(CCCCCCN=C(N)N)CCCCCCN=C(N)N)n3)CC2)CC(COP(=O)(N(C)C)N2CC(CO)O[C@@H]([B])C2)O1. The highest BCUT2D eigenvalue weighted by atomic mass is 31.2. The number of aliphatic hydroxyl groups excluding tert-OH is 1. The molecule has 4 rings (SSSR count). The van der Waals surface area contributed by atoms with Crippen LogP contribution in [0.5, 0.6) is 0 Å². The number of guanidine groups is 8. The molecule has 0 saturated carbocycles. The molecule has 3 aliphatic heterocycles.